The quantitative estimate of drug-likeness (QED) is 0.265. The van der Waals surface area contributed by atoms with Gasteiger partial charge < -0.3 is 25.1 Å². The van der Waals surface area contributed by atoms with Crippen LogP contribution in [0.5, 0.6) is 5.75 Å². The van der Waals surface area contributed by atoms with Crippen molar-refractivity contribution in [3.05, 3.63) is 52.5 Å². The number of benzene rings is 1. The minimum atomic E-state index is -1.13. The van der Waals surface area contributed by atoms with Crippen molar-refractivity contribution in [3.63, 3.8) is 0 Å². The van der Waals surface area contributed by atoms with Crippen LogP contribution in [0.4, 0.5) is 10.5 Å². The van der Waals surface area contributed by atoms with Gasteiger partial charge in [0.05, 0.1) is 19.3 Å². The van der Waals surface area contributed by atoms with Crippen molar-refractivity contribution in [1.82, 2.24) is 9.88 Å². The zero-order valence-corrected chi connectivity index (χ0v) is 22.9. The smallest absolute Gasteiger partial charge is 0.411 e. The Labute approximate surface area is 221 Å². The number of anilines is 1. The maximum Gasteiger partial charge on any atom is 0.411 e. The number of ether oxygens (including phenoxy) is 3. The lowest BCUT2D eigenvalue weighted by Crippen LogP contribution is -2.43. The van der Waals surface area contributed by atoms with E-state index in [-0.39, 0.29) is 18.9 Å². The predicted octanol–water partition coefficient (Wildman–Crippen LogP) is 5.39. The van der Waals surface area contributed by atoms with Gasteiger partial charge >= 0.3 is 12.1 Å². The number of aromatic nitrogens is 1. The van der Waals surface area contributed by atoms with E-state index in [9.17, 15) is 14.7 Å². The summed E-state index contributed by atoms with van der Waals surface area (Å²) in [6.45, 7) is 13.5. The first-order valence-electron chi connectivity index (χ1n) is 12.0. The van der Waals surface area contributed by atoms with E-state index >= 15 is 0 Å². The number of carbonyl (C=O) groups is 2. The van der Waals surface area contributed by atoms with Crippen LogP contribution >= 0.6 is 11.3 Å². The molecule has 9 nitrogen and oxygen atoms in total. The molecule has 0 bridgehead atoms. The number of hydrogen-bond acceptors (Lipinski definition) is 8. The molecule has 0 saturated carbocycles. The van der Waals surface area contributed by atoms with E-state index in [4.69, 9.17) is 19.9 Å². The number of nitrogens with two attached hydrogens (primary N) is 1. The SMILES string of the molecule is C=C(/C=C(/O[C@@H]1C[C@@H](C(=O)O)N(C(=O)OC(C)(C)C)C1)c1ccc(OC)cc1N)c1nc(C(C)C)cs1. The van der Waals surface area contributed by atoms with Crippen LogP contribution in [-0.2, 0) is 14.3 Å². The molecule has 1 aliphatic heterocycles. The van der Waals surface area contributed by atoms with Crippen LogP contribution in [0.25, 0.3) is 11.3 Å². The number of hydrogen-bond donors (Lipinski definition) is 2. The highest BCUT2D eigenvalue weighted by Crippen LogP contribution is 2.34. The third-order valence-corrected chi connectivity index (χ3v) is 6.62. The van der Waals surface area contributed by atoms with E-state index in [0.29, 0.717) is 28.3 Å². The van der Waals surface area contributed by atoms with Gasteiger partial charge in [-0.3, -0.25) is 4.90 Å². The van der Waals surface area contributed by atoms with Gasteiger partial charge in [0.15, 0.2) is 0 Å². The summed E-state index contributed by atoms with van der Waals surface area (Å²) in [4.78, 5) is 30.5. The summed E-state index contributed by atoms with van der Waals surface area (Å²) in [6.07, 6.45) is 0.515. The third kappa shape index (κ3) is 7.03. The molecule has 3 rings (SSSR count). The molecular formula is C27H35N3O6S. The second kappa shape index (κ2) is 11.2. The van der Waals surface area contributed by atoms with E-state index in [0.717, 1.165) is 10.7 Å². The molecule has 0 spiro atoms. The number of allylic oxidation sites excluding steroid dienone is 2. The predicted molar refractivity (Wildman–Crippen MR) is 144 cm³/mol. The van der Waals surface area contributed by atoms with Crippen LogP contribution in [0, 0.1) is 0 Å². The molecule has 1 aromatic heterocycles. The average molecular weight is 530 g/mol. The topological polar surface area (TPSA) is 124 Å². The maximum absolute atomic E-state index is 12.7. The number of carboxylic acid groups (broad SMARTS) is 1. The Morgan fingerprint density at radius 1 is 1.32 bits per heavy atom. The second-order valence-corrected chi connectivity index (χ2v) is 11.0. The Kier molecular flexibility index (Phi) is 8.53. The van der Waals surface area contributed by atoms with Crippen LogP contribution < -0.4 is 10.5 Å². The number of carbonyl (C=O) groups excluding carboxylic acids is 1. The van der Waals surface area contributed by atoms with Crippen LogP contribution in [0.3, 0.4) is 0 Å². The summed E-state index contributed by atoms with van der Waals surface area (Å²) in [5, 5.41) is 12.5. The zero-order chi connectivity index (χ0) is 27.5. The van der Waals surface area contributed by atoms with Gasteiger partial charge in [-0.15, -0.1) is 11.3 Å². The molecule has 1 amide bonds. The summed E-state index contributed by atoms with van der Waals surface area (Å²) in [7, 11) is 1.55. The highest BCUT2D eigenvalue weighted by atomic mass is 32.1. The summed E-state index contributed by atoms with van der Waals surface area (Å²) in [5.41, 5.74) is 8.16. The van der Waals surface area contributed by atoms with E-state index < -0.39 is 29.8 Å². The zero-order valence-electron chi connectivity index (χ0n) is 22.1. The van der Waals surface area contributed by atoms with E-state index in [1.54, 1.807) is 52.2 Å². The van der Waals surface area contributed by atoms with E-state index in [1.165, 1.54) is 16.2 Å². The van der Waals surface area contributed by atoms with Crippen molar-refractivity contribution < 1.29 is 28.9 Å². The molecule has 2 aromatic rings. The summed E-state index contributed by atoms with van der Waals surface area (Å²) >= 11 is 1.48. The lowest BCUT2D eigenvalue weighted by atomic mass is 10.1. The number of amides is 1. The Hall–Kier alpha value is -3.53. The number of rotatable bonds is 8. The average Bonchev–Trinajstić information content (AvgIpc) is 3.45. The fraction of sp³-hybridized carbons (Fsp3) is 0.444. The van der Waals surface area contributed by atoms with Gasteiger partial charge in [0.25, 0.3) is 0 Å². The normalized spacial score (nSPS) is 18.1. The van der Waals surface area contributed by atoms with Crippen LogP contribution in [0.15, 0.2) is 36.2 Å². The van der Waals surface area contributed by atoms with Crippen LogP contribution in [-0.4, -0.2) is 58.5 Å². The fourth-order valence-corrected chi connectivity index (χ4v) is 4.73. The summed E-state index contributed by atoms with van der Waals surface area (Å²) in [6, 6.07) is 4.12. The highest BCUT2D eigenvalue weighted by molar-refractivity contribution is 7.10. The van der Waals surface area contributed by atoms with Crippen LogP contribution in [0.2, 0.25) is 0 Å². The van der Waals surface area contributed by atoms with Crippen molar-refractivity contribution in [2.45, 2.75) is 64.7 Å². The maximum atomic E-state index is 12.7. The molecule has 1 aromatic carbocycles. The summed E-state index contributed by atoms with van der Waals surface area (Å²) < 4.78 is 17.0. The minimum Gasteiger partial charge on any atom is -0.497 e. The van der Waals surface area contributed by atoms with Gasteiger partial charge in [-0.05, 0) is 44.9 Å². The highest BCUT2D eigenvalue weighted by Gasteiger charge is 2.43. The Bertz CT molecular complexity index is 1200. The molecule has 1 fully saturated rings. The molecule has 0 aliphatic carbocycles. The molecule has 200 valence electrons. The number of methoxy groups -OCH3 is 1. The van der Waals surface area contributed by atoms with Crippen LogP contribution in [0.1, 0.15) is 63.2 Å². The van der Waals surface area contributed by atoms with Gasteiger partial charge in [0.1, 0.15) is 34.3 Å². The lowest BCUT2D eigenvalue weighted by molar-refractivity contribution is -0.142. The molecule has 3 N–H and O–H groups in total. The standard InChI is InChI=1S/C27H35N3O6S/c1-15(2)21-14-37-24(29-21)16(3)10-23(19-9-8-17(34-7)11-20(19)28)35-18-12-22(25(31)32)30(13-18)26(33)36-27(4,5)6/h8-11,14-15,18,22H,3,12-13,28H2,1-2,4-7H3,(H,31,32)/b23-10+/t18-,22+/m1/s1. The monoisotopic (exact) mass is 529 g/mol. The summed E-state index contributed by atoms with van der Waals surface area (Å²) in [5.74, 6) is 0.135. The second-order valence-electron chi connectivity index (χ2n) is 10.2. The molecule has 10 heteroatoms. The van der Waals surface area contributed by atoms with Crippen molar-refractivity contribution in [1.29, 1.82) is 0 Å². The lowest BCUT2D eigenvalue weighted by Gasteiger charge is -2.26. The fourth-order valence-electron chi connectivity index (χ4n) is 3.81. The first kappa shape index (κ1) is 28.0. The largest absolute Gasteiger partial charge is 0.497 e. The van der Waals surface area contributed by atoms with Crippen molar-refractivity contribution in [2.24, 2.45) is 0 Å². The number of thiazole rings is 1. The number of likely N-dealkylation sites (tertiary alicyclic amines) is 1. The first-order valence-corrected chi connectivity index (χ1v) is 12.9. The molecule has 0 radical (unpaired) electrons. The Morgan fingerprint density at radius 3 is 2.57 bits per heavy atom. The molecule has 2 heterocycles. The van der Waals surface area contributed by atoms with Gasteiger partial charge in [-0.1, -0.05) is 20.4 Å². The van der Waals surface area contributed by atoms with E-state index in [1.807, 2.05) is 5.38 Å². The molecular weight excluding hydrogens is 494 g/mol. The molecule has 1 aliphatic rings. The van der Waals surface area contributed by atoms with Gasteiger partial charge in [-0.2, -0.15) is 0 Å². The van der Waals surface area contributed by atoms with Crippen molar-refractivity contribution in [3.8, 4) is 5.75 Å². The van der Waals surface area contributed by atoms with E-state index in [2.05, 4.69) is 25.4 Å². The Morgan fingerprint density at radius 2 is 2.03 bits per heavy atom. The number of carboxylic acids is 1. The number of nitrogens with zero attached hydrogens (tertiary/aromatic N) is 2. The number of aliphatic carboxylic acids is 1. The Balaban J connectivity index is 1.94. The first-order chi connectivity index (χ1) is 17.3. The van der Waals surface area contributed by atoms with Gasteiger partial charge in [-0.25, -0.2) is 14.6 Å². The third-order valence-electron chi connectivity index (χ3n) is 5.69. The van der Waals surface area contributed by atoms with Gasteiger partial charge in [0.2, 0.25) is 0 Å². The van der Waals surface area contributed by atoms with Crippen molar-refractivity contribution >= 4 is 40.4 Å². The molecule has 1 saturated heterocycles. The minimum absolute atomic E-state index is 0.0422. The van der Waals surface area contributed by atoms with Crippen molar-refractivity contribution in [2.75, 3.05) is 19.4 Å². The number of nitrogen functional groups attached to an aromatic ring is 1. The van der Waals surface area contributed by atoms with Gasteiger partial charge in [0, 0.05) is 34.7 Å². The molecule has 0 unspecified atom stereocenters. The molecule has 2 atom stereocenters. The molecule has 37 heavy (non-hydrogen) atoms.